The summed E-state index contributed by atoms with van der Waals surface area (Å²) in [6.07, 6.45) is -0.188. The summed E-state index contributed by atoms with van der Waals surface area (Å²) in [4.78, 5) is 0. The van der Waals surface area contributed by atoms with Crippen molar-refractivity contribution in [2.45, 2.75) is 12.6 Å². The van der Waals surface area contributed by atoms with Crippen molar-refractivity contribution in [3.8, 4) is 0 Å². The fourth-order valence-corrected chi connectivity index (χ4v) is 1.13. The van der Waals surface area contributed by atoms with Crippen LogP contribution in [0.5, 0.6) is 0 Å². The molecular formula is C11H15F4NS. The monoisotopic (exact) mass is 269 g/mol. The summed E-state index contributed by atoms with van der Waals surface area (Å²) in [6, 6.07) is 2.44. The molecule has 0 saturated heterocycles. The summed E-state index contributed by atoms with van der Waals surface area (Å²) in [7, 11) is 0. The van der Waals surface area contributed by atoms with Crippen LogP contribution in [-0.4, -0.2) is 19.1 Å². The summed E-state index contributed by atoms with van der Waals surface area (Å²) in [5.41, 5.74) is 4.46. The standard InChI is InChI=1S/C9H9F4N.C2H6S/c10-8-4-6(1-2-14)3-7(5-8)9(11,12)13;1-3-2/h3-5H,1-2,14H2;1-2H3. The van der Waals surface area contributed by atoms with Crippen LogP contribution in [-0.2, 0) is 12.6 Å². The van der Waals surface area contributed by atoms with Crippen LogP contribution in [0.4, 0.5) is 17.6 Å². The maximum absolute atomic E-state index is 12.7. The van der Waals surface area contributed by atoms with Gasteiger partial charge in [0.05, 0.1) is 5.56 Å². The van der Waals surface area contributed by atoms with Gasteiger partial charge in [0.15, 0.2) is 0 Å². The minimum absolute atomic E-state index is 0.195. The molecule has 0 aromatic heterocycles. The second-order valence-electron chi connectivity index (χ2n) is 3.29. The average molecular weight is 269 g/mol. The van der Waals surface area contributed by atoms with Gasteiger partial charge in [0, 0.05) is 0 Å². The molecule has 17 heavy (non-hydrogen) atoms. The molecule has 2 N–H and O–H groups in total. The molecule has 0 heterocycles. The maximum Gasteiger partial charge on any atom is 0.416 e. The molecule has 0 spiro atoms. The SMILES string of the molecule is CSC.NCCc1cc(F)cc(C(F)(F)F)c1. The fourth-order valence-electron chi connectivity index (χ4n) is 1.13. The van der Waals surface area contributed by atoms with Crippen LogP contribution in [0.2, 0.25) is 0 Å². The Bertz CT molecular complexity index is 339. The van der Waals surface area contributed by atoms with E-state index in [1.54, 1.807) is 11.8 Å². The molecule has 0 fully saturated rings. The first-order valence-electron chi connectivity index (χ1n) is 4.82. The van der Waals surface area contributed by atoms with Crippen LogP contribution < -0.4 is 5.73 Å². The van der Waals surface area contributed by atoms with Gasteiger partial charge in [0.2, 0.25) is 0 Å². The quantitative estimate of drug-likeness (QED) is 0.833. The largest absolute Gasteiger partial charge is 0.416 e. The van der Waals surface area contributed by atoms with Crippen molar-refractivity contribution >= 4 is 11.8 Å². The Balaban J connectivity index is 0.000000770. The lowest BCUT2D eigenvalue weighted by Crippen LogP contribution is -2.08. The van der Waals surface area contributed by atoms with Gasteiger partial charge in [-0.25, -0.2) is 4.39 Å². The summed E-state index contributed by atoms with van der Waals surface area (Å²) in [6.45, 7) is 0.195. The van der Waals surface area contributed by atoms with Crippen LogP contribution in [0.3, 0.4) is 0 Å². The number of nitrogens with two attached hydrogens (primary N) is 1. The zero-order valence-electron chi connectivity index (χ0n) is 9.64. The van der Waals surface area contributed by atoms with Crippen molar-refractivity contribution in [1.29, 1.82) is 0 Å². The zero-order valence-corrected chi connectivity index (χ0v) is 10.5. The molecule has 1 aromatic carbocycles. The molecule has 0 radical (unpaired) electrons. The topological polar surface area (TPSA) is 26.0 Å². The highest BCUT2D eigenvalue weighted by Crippen LogP contribution is 2.30. The van der Waals surface area contributed by atoms with Gasteiger partial charge in [-0.15, -0.1) is 0 Å². The van der Waals surface area contributed by atoms with Gasteiger partial charge in [-0.1, -0.05) is 0 Å². The van der Waals surface area contributed by atoms with E-state index in [1.807, 2.05) is 12.5 Å². The van der Waals surface area contributed by atoms with Gasteiger partial charge < -0.3 is 5.73 Å². The van der Waals surface area contributed by atoms with E-state index < -0.39 is 17.6 Å². The Morgan fingerprint density at radius 2 is 1.71 bits per heavy atom. The molecule has 0 atom stereocenters. The summed E-state index contributed by atoms with van der Waals surface area (Å²) in [5, 5.41) is 0. The van der Waals surface area contributed by atoms with Crippen molar-refractivity contribution in [3.63, 3.8) is 0 Å². The van der Waals surface area contributed by atoms with E-state index in [0.29, 0.717) is 6.07 Å². The smallest absolute Gasteiger partial charge is 0.330 e. The highest BCUT2D eigenvalue weighted by molar-refractivity contribution is 7.97. The number of benzene rings is 1. The minimum atomic E-state index is -4.51. The Morgan fingerprint density at radius 1 is 1.18 bits per heavy atom. The highest BCUT2D eigenvalue weighted by atomic mass is 32.2. The summed E-state index contributed by atoms with van der Waals surface area (Å²) >= 11 is 1.75. The third kappa shape index (κ3) is 6.53. The van der Waals surface area contributed by atoms with Gasteiger partial charge in [0.1, 0.15) is 5.82 Å². The first-order valence-corrected chi connectivity index (χ1v) is 6.45. The Kier molecular flexibility index (Phi) is 7.22. The lowest BCUT2D eigenvalue weighted by molar-refractivity contribution is -0.137. The van der Waals surface area contributed by atoms with E-state index in [1.165, 1.54) is 0 Å². The van der Waals surface area contributed by atoms with Gasteiger partial charge in [0.25, 0.3) is 0 Å². The average Bonchev–Trinajstić information content (AvgIpc) is 2.17. The van der Waals surface area contributed by atoms with E-state index in [0.717, 1.165) is 12.1 Å². The third-order valence-electron chi connectivity index (χ3n) is 1.72. The number of alkyl halides is 3. The Morgan fingerprint density at radius 3 is 2.12 bits per heavy atom. The first kappa shape index (κ1) is 16.2. The van der Waals surface area contributed by atoms with Crippen LogP contribution in [0.25, 0.3) is 0 Å². The number of hydrogen-bond acceptors (Lipinski definition) is 2. The zero-order chi connectivity index (χ0) is 13.5. The summed E-state index contributed by atoms with van der Waals surface area (Å²) < 4.78 is 49.3. The fraction of sp³-hybridized carbons (Fsp3) is 0.455. The predicted molar refractivity (Wildman–Crippen MR) is 63.6 cm³/mol. The van der Waals surface area contributed by atoms with Crippen LogP contribution in [0.1, 0.15) is 11.1 Å². The number of hydrogen-bond donors (Lipinski definition) is 1. The molecule has 0 aliphatic heterocycles. The molecule has 6 heteroatoms. The second kappa shape index (κ2) is 7.55. The van der Waals surface area contributed by atoms with E-state index in [-0.39, 0.29) is 18.5 Å². The molecule has 98 valence electrons. The van der Waals surface area contributed by atoms with E-state index in [2.05, 4.69) is 0 Å². The number of rotatable bonds is 2. The highest BCUT2D eigenvalue weighted by Gasteiger charge is 2.31. The Labute approximate surface area is 102 Å². The van der Waals surface area contributed by atoms with E-state index in [4.69, 9.17) is 5.73 Å². The van der Waals surface area contributed by atoms with Gasteiger partial charge in [-0.05, 0) is 49.2 Å². The molecule has 0 unspecified atom stereocenters. The van der Waals surface area contributed by atoms with Gasteiger partial charge >= 0.3 is 6.18 Å². The first-order chi connectivity index (χ1) is 7.85. The van der Waals surface area contributed by atoms with Crippen molar-refractivity contribution in [1.82, 2.24) is 0 Å². The normalized spacial score (nSPS) is 10.8. The molecule has 0 bridgehead atoms. The van der Waals surface area contributed by atoms with Gasteiger partial charge in [-0.3, -0.25) is 0 Å². The van der Waals surface area contributed by atoms with Crippen LogP contribution in [0, 0.1) is 5.82 Å². The molecule has 0 amide bonds. The molecule has 1 rings (SSSR count). The molecule has 0 aliphatic rings. The predicted octanol–water partition coefficient (Wildman–Crippen LogP) is 3.32. The molecule has 1 aromatic rings. The van der Waals surface area contributed by atoms with Crippen molar-refractivity contribution in [2.24, 2.45) is 5.73 Å². The Hall–Kier alpha value is -0.750. The second-order valence-corrected chi connectivity index (χ2v) is 4.11. The molecule has 1 nitrogen and oxygen atoms in total. The summed E-state index contributed by atoms with van der Waals surface area (Å²) in [5.74, 6) is -0.886. The van der Waals surface area contributed by atoms with E-state index in [9.17, 15) is 17.6 Å². The lowest BCUT2D eigenvalue weighted by Gasteiger charge is -2.08. The molecule has 0 saturated carbocycles. The van der Waals surface area contributed by atoms with Crippen LogP contribution >= 0.6 is 11.8 Å². The number of thioether (sulfide) groups is 1. The maximum atomic E-state index is 12.7. The molecule has 0 aliphatic carbocycles. The van der Waals surface area contributed by atoms with Crippen molar-refractivity contribution in [3.05, 3.63) is 35.1 Å². The number of halogens is 4. The third-order valence-corrected chi connectivity index (χ3v) is 1.72. The lowest BCUT2D eigenvalue weighted by atomic mass is 10.1. The molecular weight excluding hydrogens is 254 g/mol. The van der Waals surface area contributed by atoms with Gasteiger partial charge in [-0.2, -0.15) is 24.9 Å². The van der Waals surface area contributed by atoms with Crippen molar-refractivity contribution in [2.75, 3.05) is 19.1 Å². The van der Waals surface area contributed by atoms with Crippen LogP contribution in [0.15, 0.2) is 18.2 Å². The minimum Gasteiger partial charge on any atom is -0.330 e. The van der Waals surface area contributed by atoms with Crippen molar-refractivity contribution < 1.29 is 17.6 Å². The van der Waals surface area contributed by atoms with E-state index >= 15 is 0 Å².